The molecule has 1 aromatic carbocycles. The van der Waals surface area contributed by atoms with Gasteiger partial charge in [0.15, 0.2) is 4.96 Å². The molecule has 3 aromatic rings. The zero-order valence-corrected chi connectivity index (χ0v) is 15.7. The zero-order chi connectivity index (χ0) is 17.9. The van der Waals surface area contributed by atoms with Gasteiger partial charge in [0, 0.05) is 49.6 Å². The third-order valence-corrected chi connectivity index (χ3v) is 5.52. The van der Waals surface area contributed by atoms with Gasteiger partial charge in [0.25, 0.3) is 0 Å². The molecular weight excluding hydrogens is 346 g/mol. The quantitative estimate of drug-likeness (QED) is 0.772. The van der Waals surface area contributed by atoms with Crippen molar-refractivity contribution in [2.45, 2.75) is 19.9 Å². The molecule has 26 heavy (non-hydrogen) atoms. The van der Waals surface area contributed by atoms with Crippen LogP contribution in [0, 0.1) is 6.92 Å². The van der Waals surface area contributed by atoms with Crippen molar-refractivity contribution in [3.8, 4) is 0 Å². The minimum absolute atomic E-state index is 0.00730. The molecule has 1 saturated heterocycles. The molecule has 0 spiro atoms. The molecule has 2 aromatic heterocycles. The van der Waals surface area contributed by atoms with Crippen LogP contribution in [0.3, 0.4) is 0 Å². The van der Waals surface area contributed by atoms with Crippen molar-refractivity contribution in [3.05, 3.63) is 53.3 Å². The number of rotatable bonds is 3. The lowest BCUT2D eigenvalue weighted by atomic mass is 10.2. The van der Waals surface area contributed by atoms with E-state index in [-0.39, 0.29) is 6.03 Å². The number of carbonyl (C=O) groups excluding carboxylic acids is 1. The van der Waals surface area contributed by atoms with Crippen molar-refractivity contribution in [1.82, 2.24) is 19.6 Å². The number of hydrogen-bond donors (Lipinski definition) is 1. The fraction of sp³-hybridized carbons (Fsp3) is 0.368. The molecule has 4 rings (SSSR count). The Hall–Kier alpha value is -2.54. The fourth-order valence-electron chi connectivity index (χ4n) is 3.27. The summed E-state index contributed by atoms with van der Waals surface area (Å²) in [4.78, 5) is 22.3. The van der Waals surface area contributed by atoms with Crippen LogP contribution in [0.1, 0.15) is 17.7 Å². The van der Waals surface area contributed by atoms with Crippen molar-refractivity contribution in [2.24, 2.45) is 0 Å². The van der Waals surface area contributed by atoms with E-state index in [0.29, 0.717) is 6.54 Å². The van der Waals surface area contributed by atoms with Crippen LogP contribution in [0.25, 0.3) is 4.96 Å². The molecule has 0 bridgehead atoms. The van der Waals surface area contributed by atoms with E-state index in [1.54, 1.807) is 11.3 Å². The zero-order valence-electron chi connectivity index (χ0n) is 14.9. The molecule has 0 saturated carbocycles. The van der Waals surface area contributed by atoms with Gasteiger partial charge in [-0.15, -0.1) is 11.3 Å². The SMILES string of the molecule is Cc1ccc(N2CCCN(C(=O)NCc3cn4ccsc4n3)CC2)cc1. The van der Waals surface area contributed by atoms with Crippen LogP contribution < -0.4 is 10.2 Å². The summed E-state index contributed by atoms with van der Waals surface area (Å²) >= 11 is 1.60. The molecule has 0 radical (unpaired) electrons. The largest absolute Gasteiger partial charge is 0.370 e. The van der Waals surface area contributed by atoms with E-state index < -0.39 is 0 Å². The Balaban J connectivity index is 1.32. The number of amides is 2. The Bertz CT molecular complexity index is 856. The van der Waals surface area contributed by atoms with Gasteiger partial charge < -0.3 is 15.1 Å². The number of anilines is 1. The molecule has 6 nitrogen and oxygen atoms in total. The minimum atomic E-state index is -0.00730. The normalized spacial score (nSPS) is 15.3. The topological polar surface area (TPSA) is 52.9 Å². The first-order valence-corrected chi connectivity index (χ1v) is 9.82. The third-order valence-electron chi connectivity index (χ3n) is 4.75. The maximum absolute atomic E-state index is 12.5. The van der Waals surface area contributed by atoms with E-state index in [0.717, 1.165) is 43.3 Å². The lowest BCUT2D eigenvalue weighted by molar-refractivity contribution is 0.201. The number of thiazole rings is 1. The number of fused-ring (bicyclic) bond motifs is 1. The van der Waals surface area contributed by atoms with Crippen molar-refractivity contribution in [1.29, 1.82) is 0 Å². The predicted molar refractivity (Wildman–Crippen MR) is 105 cm³/mol. The number of imidazole rings is 1. The molecule has 0 atom stereocenters. The Morgan fingerprint density at radius 1 is 1.19 bits per heavy atom. The first-order valence-electron chi connectivity index (χ1n) is 8.94. The fourth-order valence-corrected chi connectivity index (χ4v) is 3.99. The van der Waals surface area contributed by atoms with Gasteiger partial charge in [-0.25, -0.2) is 9.78 Å². The molecule has 3 heterocycles. The highest BCUT2D eigenvalue weighted by atomic mass is 32.1. The van der Waals surface area contributed by atoms with Gasteiger partial charge in [-0.2, -0.15) is 0 Å². The number of nitrogens with zero attached hydrogens (tertiary/aromatic N) is 4. The standard InChI is InChI=1S/C19H23N5OS/c1-15-3-5-17(6-4-15)22-7-2-8-23(10-9-22)18(25)20-13-16-14-24-11-12-26-19(24)21-16/h3-6,11-12,14H,2,7-10,13H2,1H3,(H,20,25). The highest BCUT2D eigenvalue weighted by molar-refractivity contribution is 7.15. The summed E-state index contributed by atoms with van der Waals surface area (Å²) in [5.74, 6) is 0. The predicted octanol–water partition coefficient (Wildman–Crippen LogP) is 3.13. The van der Waals surface area contributed by atoms with E-state index in [1.807, 2.05) is 27.1 Å². The second kappa shape index (κ2) is 7.37. The molecule has 1 N–H and O–H groups in total. The van der Waals surface area contributed by atoms with Crippen molar-refractivity contribution >= 4 is 28.0 Å². The van der Waals surface area contributed by atoms with Gasteiger partial charge in [-0.1, -0.05) is 17.7 Å². The minimum Gasteiger partial charge on any atom is -0.370 e. The monoisotopic (exact) mass is 369 g/mol. The molecule has 2 amide bonds. The highest BCUT2D eigenvalue weighted by Gasteiger charge is 2.19. The molecule has 136 valence electrons. The Labute approximate surface area is 157 Å². The van der Waals surface area contributed by atoms with E-state index >= 15 is 0 Å². The summed E-state index contributed by atoms with van der Waals surface area (Å²) < 4.78 is 1.98. The Kier molecular flexibility index (Phi) is 4.79. The molecule has 1 aliphatic rings. The first-order chi connectivity index (χ1) is 12.7. The van der Waals surface area contributed by atoms with Crippen LogP contribution in [0.15, 0.2) is 42.0 Å². The van der Waals surface area contributed by atoms with Gasteiger partial charge in [-0.05, 0) is 25.5 Å². The smallest absolute Gasteiger partial charge is 0.317 e. The first kappa shape index (κ1) is 16.9. The van der Waals surface area contributed by atoms with Crippen LogP contribution in [0.5, 0.6) is 0 Å². The average Bonchev–Trinajstić information content (AvgIpc) is 3.14. The Morgan fingerprint density at radius 3 is 2.85 bits per heavy atom. The number of carbonyl (C=O) groups is 1. The number of aryl methyl sites for hydroxylation is 1. The van der Waals surface area contributed by atoms with Crippen LogP contribution >= 0.6 is 11.3 Å². The second-order valence-electron chi connectivity index (χ2n) is 6.65. The van der Waals surface area contributed by atoms with Crippen molar-refractivity contribution < 1.29 is 4.79 Å². The molecule has 7 heteroatoms. The maximum Gasteiger partial charge on any atom is 0.317 e. The van der Waals surface area contributed by atoms with Crippen molar-refractivity contribution in [3.63, 3.8) is 0 Å². The molecule has 0 unspecified atom stereocenters. The summed E-state index contributed by atoms with van der Waals surface area (Å²) in [6.45, 7) is 5.92. The molecular formula is C19H23N5OS. The number of urea groups is 1. The van der Waals surface area contributed by atoms with Gasteiger partial charge >= 0.3 is 6.03 Å². The van der Waals surface area contributed by atoms with Crippen LogP contribution in [0.4, 0.5) is 10.5 Å². The third kappa shape index (κ3) is 3.67. The van der Waals surface area contributed by atoms with Gasteiger partial charge in [0.1, 0.15) is 0 Å². The molecule has 1 fully saturated rings. The van der Waals surface area contributed by atoms with E-state index in [2.05, 4.69) is 46.4 Å². The summed E-state index contributed by atoms with van der Waals surface area (Å²) in [5, 5.41) is 5.01. The summed E-state index contributed by atoms with van der Waals surface area (Å²) in [7, 11) is 0. The maximum atomic E-state index is 12.5. The van der Waals surface area contributed by atoms with Crippen molar-refractivity contribution in [2.75, 3.05) is 31.1 Å². The number of nitrogens with one attached hydrogen (secondary N) is 1. The van der Waals surface area contributed by atoms with Gasteiger partial charge in [-0.3, -0.25) is 4.40 Å². The highest BCUT2D eigenvalue weighted by Crippen LogP contribution is 2.17. The lowest BCUT2D eigenvalue weighted by Gasteiger charge is -2.24. The van der Waals surface area contributed by atoms with E-state index in [4.69, 9.17) is 0 Å². The average molecular weight is 369 g/mol. The second-order valence-corrected chi connectivity index (χ2v) is 7.52. The summed E-state index contributed by atoms with van der Waals surface area (Å²) in [6.07, 6.45) is 4.92. The lowest BCUT2D eigenvalue weighted by Crippen LogP contribution is -2.41. The summed E-state index contributed by atoms with van der Waals surface area (Å²) in [6, 6.07) is 8.60. The van der Waals surface area contributed by atoms with E-state index in [9.17, 15) is 4.79 Å². The van der Waals surface area contributed by atoms with E-state index in [1.165, 1.54) is 11.3 Å². The van der Waals surface area contributed by atoms with Crippen LogP contribution in [-0.2, 0) is 6.54 Å². The number of benzene rings is 1. The van der Waals surface area contributed by atoms with Gasteiger partial charge in [0.05, 0.1) is 12.2 Å². The Morgan fingerprint density at radius 2 is 2.04 bits per heavy atom. The number of hydrogen-bond acceptors (Lipinski definition) is 4. The van der Waals surface area contributed by atoms with Crippen LogP contribution in [0.2, 0.25) is 0 Å². The molecule has 1 aliphatic heterocycles. The summed E-state index contributed by atoms with van der Waals surface area (Å²) in [5.41, 5.74) is 3.39. The van der Waals surface area contributed by atoms with Gasteiger partial charge in [0.2, 0.25) is 0 Å². The number of aromatic nitrogens is 2. The van der Waals surface area contributed by atoms with Crippen LogP contribution in [-0.4, -0.2) is 46.5 Å². The molecule has 0 aliphatic carbocycles.